The molecular formula is C12H13N3O. The van der Waals surface area contributed by atoms with Crippen LogP contribution in [0.1, 0.15) is 12.8 Å². The number of anilines is 1. The number of aromatic nitrogens is 2. The predicted molar refractivity (Wildman–Crippen MR) is 62.2 cm³/mol. The molecule has 1 aromatic heterocycles. The Bertz CT molecular complexity index is 523. The van der Waals surface area contributed by atoms with Gasteiger partial charge in [-0.2, -0.15) is 0 Å². The summed E-state index contributed by atoms with van der Waals surface area (Å²) in [6, 6.07) is 7.65. The lowest BCUT2D eigenvalue weighted by atomic mass is 10.3. The topological polar surface area (TPSA) is 61.0 Å². The number of fused-ring (bicyclic) bond motifs is 1. The van der Waals surface area contributed by atoms with Gasteiger partial charge >= 0.3 is 0 Å². The number of nitrogens with two attached hydrogens (primary N) is 1. The number of hydrogen-bond donors (Lipinski definition) is 1. The molecule has 1 aromatic carbocycles. The molecule has 16 heavy (non-hydrogen) atoms. The molecule has 1 heterocycles. The van der Waals surface area contributed by atoms with Gasteiger partial charge in [0.05, 0.1) is 17.6 Å². The molecule has 3 rings (SSSR count). The lowest BCUT2D eigenvalue weighted by Crippen LogP contribution is -2.05. The zero-order chi connectivity index (χ0) is 11.0. The molecular weight excluding hydrogens is 202 g/mol. The zero-order valence-corrected chi connectivity index (χ0v) is 8.89. The van der Waals surface area contributed by atoms with Gasteiger partial charge in [-0.1, -0.05) is 12.1 Å². The fraction of sp³-hybridized carbons (Fsp3) is 0.333. The van der Waals surface area contributed by atoms with Crippen LogP contribution in [0, 0.1) is 5.92 Å². The molecule has 0 spiro atoms. The van der Waals surface area contributed by atoms with E-state index in [0.717, 1.165) is 11.0 Å². The van der Waals surface area contributed by atoms with E-state index >= 15 is 0 Å². The molecule has 1 saturated carbocycles. The third-order valence-electron chi connectivity index (χ3n) is 2.72. The molecule has 1 fully saturated rings. The maximum absolute atomic E-state index is 5.79. The van der Waals surface area contributed by atoms with Crippen molar-refractivity contribution in [3.05, 3.63) is 24.3 Å². The molecule has 0 radical (unpaired) electrons. The standard InChI is InChI=1S/C12H13N3O/c13-11-12(16-7-8-5-6-8)15-10-4-2-1-3-9(10)14-11/h1-4,8H,5-7H2,(H2,13,14). The summed E-state index contributed by atoms with van der Waals surface area (Å²) in [4.78, 5) is 8.63. The van der Waals surface area contributed by atoms with E-state index in [1.54, 1.807) is 0 Å². The van der Waals surface area contributed by atoms with E-state index in [0.29, 0.717) is 24.2 Å². The van der Waals surface area contributed by atoms with Crippen LogP contribution in [0.4, 0.5) is 5.82 Å². The number of benzene rings is 1. The Balaban J connectivity index is 1.93. The number of hydrogen-bond acceptors (Lipinski definition) is 4. The van der Waals surface area contributed by atoms with Crippen molar-refractivity contribution in [3.8, 4) is 5.88 Å². The summed E-state index contributed by atoms with van der Waals surface area (Å²) in [7, 11) is 0. The van der Waals surface area contributed by atoms with Gasteiger partial charge in [-0.25, -0.2) is 9.97 Å². The van der Waals surface area contributed by atoms with Crippen LogP contribution >= 0.6 is 0 Å². The summed E-state index contributed by atoms with van der Waals surface area (Å²) in [5.74, 6) is 1.53. The average Bonchev–Trinajstić information content (AvgIpc) is 3.10. The SMILES string of the molecule is Nc1nc2ccccc2nc1OCC1CC1. The van der Waals surface area contributed by atoms with Gasteiger partial charge in [0, 0.05) is 0 Å². The van der Waals surface area contributed by atoms with Crippen molar-refractivity contribution in [1.29, 1.82) is 0 Å². The molecule has 0 atom stereocenters. The minimum Gasteiger partial charge on any atom is -0.475 e. The van der Waals surface area contributed by atoms with Gasteiger partial charge < -0.3 is 10.5 Å². The highest BCUT2D eigenvalue weighted by Crippen LogP contribution is 2.30. The molecule has 0 amide bonds. The second kappa shape index (κ2) is 3.63. The zero-order valence-electron chi connectivity index (χ0n) is 8.89. The van der Waals surface area contributed by atoms with E-state index in [9.17, 15) is 0 Å². The first-order valence-electron chi connectivity index (χ1n) is 5.48. The Hall–Kier alpha value is -1.84. The van der Waals surface area contributed by atoms with Gasteiger partial charge in [-0.15, -0.1) is 0 Å². The van der Waals surface area contributed by atoms with Crippen molar-refractivity contribution in [2.75, 3.05) is 12.3 Å². The van der Waals surface area contributed by atoms with Crippen LogP contribution in [0.2, 0.25) is 0 Å². The highest BCUT2D eigenvalue weighted by atomic mass is 16.5. The highest BCUT2D eigenvalue weighted by Gasteiger charge is 2.22. The van der Waals surface area contributed by atoms with Gasteiger partial charge in [-0.3, -0.25) is 0 Å². The van der Waals surface area contributed by atoms with Crippen LogP contribution in [0.15, 0.2) is 24.3 Å². The maximum atomic E-state index is 5.79. The lowest BCUT2D eigenvalue weighted by Gasteiger charge is -2.07. The van der Waals surface area contributed by atoms with Crippen LogP contribution < -0.4 is 10.5 Å². The monoisotopic (exact) mass is 215 g/mol. The molecule has 1 aliphatic rings. The van der Waals surface area contributed by atoms with E-state index in [4.69, 9.17) is 10.5 Å². The quantitative estimate of drug-likeness (QED) is 0.850. The van der Waals surface area contributed by atoms with Crippen molar-refractivity contribution in [2.45, 2.75) is 12.8 Å². The lowest BCUT2D eigenvalue weighted by molar-refractivity contribution is 0.290. The number of para-hydroxylation sites is 2. The van der Waals surface area contributed by atoms with E-state index in [1.807, 2.05) is 24.3 Å². The third-order valence-corrected chi connectivity index (χ3v) is 2.72. The number of ether oxygens (including phenoxy) is 1. The van der Waals surface area contributed by atoms with Gasteiger partial charge in [0.15, 0.2) is 5.82 Å². The summed E-state index contributed by atoms with van der Waals surface area (Å²) >= 11 is 0. The smallest absolute Gasteiger partial charge is 0.257 e. The summed E-state index contributed by atoms with van der Waals surface area (Å²) < 4.78 is 5.57. The summed E-state index contributed by atoms with van der Waals surface area (Å²) in [6.45, 7) is 0.706. The second-order valence-electron chi connectivity index (χ2n) is 4.16. The minimum atomic E-state index is 0.374. The van der Waals surface area contributed by atoms with Crippen molar-refractivity contribution in [2.24, 2.45) is 5.92 Å². The molecule has 1 aliphatic carbocycles. The second-order valence-corrected chi connectivity index (χ2v) is 4.16. The molecule has 2 N–H and O–H groups in total. The highest BCUT2D eigenvalue weighted by molar-refractivity contribution is 5.76. The molecule has 0 unspecified atom stereocenters. The Kier molecular flexibility index (Phi) is 2.13. The first-order valence-corrected chi connectivity index (χ1v) is 5.48. The Labute approximate surface area is 93.5 Å². The van der Waals surface area contributed by atoms with Crippen molar-refractivity contribution in [3.63, 3.8) is 0 Å². The van der Waals surface area contributed by atoms with Gasteiger partial charge in [0.1, 0.15) is 0 Å². The van der Waals surface area contributed by atoms with Crippen LogP contribution in [0.3, 0.4) is 0 Å². The van der Waals surface area contributed by atoms with Crippen LogP contribution in [0.5, 0.6) is 5.88 Å². The predicted octanol–water partition coefficient (Wildman–Crippen LogP) is 2.00. The summed E-state index contributed by atoms with van der Waals surface area (Å²) in [5.41, 5.74) is 7.42. The number of nitrogen functional groups attached to an aromatic ring is 1. The third kappa shape index (κ3) is 1.78. The van der Waals surface area contributed by atoms with Crippen molar-refractivity contribution >= 4 is 16.9 Å². The van der Waals surface area contributed by atoms with Crippen LogP contribution in [-0.2, 0) is 0 Å². The molecule has 4 heteroatoms. The number of rotatable bonds is 3. The molecule has 2 aromatic rings. The van der Waals surface area contributed by atoms with E-state index < -0.39 is 0 Å². The van der Waals surface area contributed by atoms with E-state index in [-0.39, 0.29) is 0 Å². The van der Waals surface area contributed by atoms with Gasteiger partial charge in [0.2, 0.25) is 0 Å². The minimum absolute atomic E-state index is 0.374. The maximum Gasteiger partial charge on any atom is 0.257 e. The Morgan fingerprint density at radius 2 is 1.88 bits per heavy atom. The normalized spacial score (nSPS) is 15.2. The largest absolute Gasteiger partial charge is 0.475 e. The van der Waals surface area contributed by atoms with E-state index in [1.165, 1.54) is 12.8 Å². The van der Waals surface area contributed by atoms with Crippen LogP contribution in [0.25, 0.3) is 11.0 Å². The molecule has 4 nitrogen and oxygen atoms in total. The summed E-state index contributed by atoms with van der Waals surface area (Å²) in [6.07, 6.45) is 2.50. The average molecular weight is 215 g/mol. The molecule has 0 aliphatic heterocycles. The molecule has 0 bridgehead atoms. The first-order chi connectivity index (χ1) is 7.83. The fourth-order valence-electron chi connectivity index (χ4n) is 1.59. The van der Waals surface area contributed by atoms with Crippen molar-refractivity contribution < 1.29 is 4.74 Å². The summed E-state index contributed by atoms with van der Waals surface area (Å²) in [5, 5.41) is 0. The molecule has 0 saturated heterocycles. The van der Waals surface area contributed by atoms with Crippen molar-refractivity contribution in [1.82, 2.24) is 9.97 Å². The van der Waals surface area contributed by atoms with Gasteiger partial charge in [0.25, 0.3) is 5.88 Å². The Morgan fingerprint density at radius 1 is 1.19 bits per heavy atom. The Morgan fingerprint density at radius 3 is 2.56 bits per heavy atom. The van der Waals surface area contributed by atoms with Crippen LogP contribution in [-0.4, -0.2) is 16.6 Å². The molecule has 82 valence electrons. The fourth-order valence-corrected chi connectivity index (χ4v) is 1.59. The van der Waals surface area contributed by atoms with E-state index in [2.05, 4.69) is 9.97 Å². The van der Waals surface area contributed by atoms with Gasteiger partial charge in [-0.05, 0) is 30.9 Å². The first kappa shape index (κ1) is 9.39. The number of nitrogens with zero attached hydrogens (tertiary/aromatic N) is 2.